The number of hydrogen-bond donors (Lipinski definition) is 2. The number of carbonyl (C=O) groups is 1. The second kappa shape index (κ2) is 7.70. The molecular formula is C17H17N3O2. The van der Waals surface area contributed by atoms with Crippen molar-refractivity contribution in [1.29, 1.82) is 5.26 Å². The van der Waals surface area contributed by atoms with Gasteiger partial charge in [0, 0.05) is 12.7 Å². The Kier molecular flexibility index (Phi) is 5.38. The van der Waals surface area contributed by atoms with E-state index in [1.807, 2.05) is 37.3 Å². The zero-order valence-electron chi connectivity index (χ0n) is 12.3. The number of nitrogens with one attached hydrogen (secondary N) is 2. The minimum Gasteiger partial charge on any atom is -0.467 e. The topological polar surface area (TPSA) is 78.1 Å². The lowest BCUT2D eigenvalue weighted by atomic mass is 10.1. The van der Waals surface area contributed by atoms with E-state index in [4.69, 9.17) is 9.68 Å². The third-order valence-corrected chi connectivity index (χ3v) is 3.00. The first-order valence-electron chi connectivity index (χ1n) is 6.89. The molecule has 112 valence electrons. The molecule has 0 spiro atoms. The molecule has 5 heteroatoms. The molecular weight excluding hydrogens is 278 g/mol. The van der Waals surface area contributed by atoms with Crippen molar-refractivity contribution in [2.75, 3.05) is 0 Å². The Labute approximate surface area is 129 Å². The molecule has 0 bridgehead atoms. The van der Waals surface area contributed by atoms with E-state index in [0.29, 0.717) is 12.3 Å². The predicted octanol–water partition coefficient (Wildman–Crippen LogP) is 2.40. The van der Waals surface area contributed by atoms with Crippen molar-refractivity contribution in [2.45, 2.75) is 20.0 Å². The molecule has 0 aliphatic heterocycles. The zero-order valence-corrected chi connectivity index (χ0v) is 12.3. The molecule has 1 amide bonds. The number of furan rings is 1. The van der Waals surface area contributed by atoms with Crippen molar-refractivity contribution >= 4 is 5.91 Å². The Balaban J connectivity index is 1.87. The van der Waals surface area contributed by atoms with Crippen LogP contribution in [0.5, 0.6) is 0 Å². The van der Waals surface area contributed by atoms with Gasteiger partial charge in [-0.15, -0.1) is 0 Å². The van der Waals surface area contributed by atoms with Gasteiger partial charge in [-0.05, 0) is 24.6 Å². The lowest BCUT2D eigenvalue weighted by Crippen LogP contribution is -2.25. The molecule has 22 heavy (non-hydrogen) atoms. The summed E-state index contributed by atoms with van der Waals surface area (Å²) in [6.45, 7) is 2.82. The second-order valence-electron chi connectivity index (χ2n) is 4.80. The summed E-state index contributed by atoms with van der Waals surface area (Å²) in [6.07, 6.45) is 2.96. The van der Waals surface area contributed by atoms with E-state index in [9.17, 15) is 4.79 Å². The van der Waals surface area contributed by atoms with Crippen LogP contribution in [0.25, 0.3) is 0 Å². The molecule has 0 aliphatic rings. The first-order valence-corrected chi connectivity index (χ1v) is 6.89. The van der Waals surface area contributed by atoms with Crippen molar-refractivity contribution in [3.63, 3.8) is 0 Å². The summed E-state index contributed by atoms with van der Waals surface area (Å²) in [5.74, 6) is 0.203. The molecule has 1 aromatic carbocycles. The average molecular weight is 295 g/mol. The molecule has 1 heterocycles. The van der Waals surface area contributed by atoms with Gasteiger partial charge in [0.05, 0.1) is 12.8 Å². The predicted molar refractivity (Wildman–Crippen MR) is 82.3 cm³/mol. The van der Waals surface area contributed by atoms with E-state index in [2.05, 4.69) is 10.6 Å². The lowest BCUT2D eigenvalue weighted by Gasteiger charge is -2.05. The average Bonchev–Trinajstić information content (AvgIpc) is 3.03. The number of nitriles is 1. The Hall–Kier alpha value is -3.00. The molecule has 0 saturated carbocycles. The van der Waals surface area contributed by atoms with Gasteiger partial charge >= 0.3 is 0 Å². The van der Waals surface area contributed by atoms with E-state index < -0.39 is 5.91 Å². The summed E-state index contributed by atoms with van der Waals surface area (Å²) in [5.41, 5.74) is 2.28. The van der Waals surface area contributed by atoms with Gasteiger partial charge in [-0.1, -0.05) is 29.8 Å². The van der Waals surface area contributed by atoms with Gasteiger partial charge in [0.15, 0.2) is 0 Å². The first kappa shape index (κ1) is 15.4. The van der Waals surface area contributed by atoms with E-state index in [1.165, 1.54) is 18.0 Å². The monoisotopic (exact) mass is 295 g/mol. The van der Waals surface area contributed by atoms with Crippen LogP contribution in [0.4, 0.5) is 0 Å². The maximum Gasteiger partial charge on any atom is 0.263 e. The number of hydrogen-bond acceptors (Lipinski definition) is 4. The van der Waals surface area contributed by atoms with Gasteiger partial charge < -0.3 is 15.1 Å². The molecule has 1 aromatic heterocycles. The van der Waals surface area contributed by atoms with Crippen LogP contribution >= 0.6 is 0 Å². The first-order chi connectivity index (χ1) is 10.7. The second-order valence-corrected chi connectivity index (χ2v) is 4.80. The maximum atomic E-state index is 11.9. The Morgan fingerprint density at radius 1 is 1.32 bits per heavy atom. The fraction of sp³-hybridized carbons (Fsp3) is 0.176. The third kappa shape index (κ3) is 4.53. The van der Waals surface area contributed by atoms with Gasteiger partial charge in [-0.3, -0.25) is 4.79 Å². The van der Waals surface area contributed by atoms with Crippen molar-refractivity contribution in [3.8, 4) is 6.07 Å². The summed E-state index contributed by atoms with van der Waals surface area (Å²) in [7, 11) is 0. The van der Waals surface area contributed by atoms with Crippen LogP contribution in [0.3, 0.4) is 0 Å². The van der Waals surface area contributed by atoms with Gasteiger partial charge in [0.2, 0.25) is 0 Å². The number of benzene rings is 1. The highest BCUT2D eigenvalue weighted by molar-refractivity contribution is 5.97. The van der Waals surface area contributed by atoms with E-state index >= 15 is 0 Å². The molecule has 2 rings (SSSR count). The summed E-state index contributed by atoms with van der Waals surface area (Å²) in [6, 6.07) is 13.4. The highest BCUT2D eigenvalue weighted by atomic mass is 16.3. The van der Waals surface area contributed by atoms with Crippen LogP contribution in [0.1, 0.15) is 16.9 Å². The molecule has 0 atom stereocenters. The van der Waals surface area contributed by atoms with Crippen LogP contribution in [0.15, 0.2) is 58.9 Å². The molecule has 0 aliphatic carbocycles. The minimum absolute atomic E-state index is 0.0270. The lowest BCUT2D eigenvalue weighted by molar-refractivity contribution is -0.117. The van der Waals surface area contributed by atoms with Gasteiger partial charge in [-0.25, -0.2) is 0 Å². The highest BCUT2D eigenvalue weighted by Gasteiger charge is 2.08. The quantitative estimate of drug-likeness (QED) is 0.633. The highest BCUT2D eigenvalue weighted by Crippen LogP contribution is 2.04. The van der Waals surface area contributed by atoms with Crippen molar-refractivity contribution < 1.29 is 9.21 Å². The number of aryl methyl sites for hydroxylation is 1. The molecule has 2 N–H and O–H groups in total. The van der Waals surface area contributed by atoms with E-state index in [1.54, 1.807) is 12.1 Å². The normalized spacial score (nSPS) is 10.8. The number of amides is 1. The number of rotatable bonds is 6. The van der Waals surface area contributed by atoms with Gasteiger partial charge in [0.1, 0.15) is 17.4 Å². The smallest absolute Gasteiger partial charge is 0.263 e. The molecule has 5 nitrogen and oxygen atoms in total. The van der Waals surface area contributed by atoms with Crippen molar-refractivity contribution in [1.82, 2.24) is 10.6 Å². The summed E-state index contributed by atoms with van der Waals surface area (Å²) >= 11 is 0. The van der Waals surface area contributed by atoms with Crippen LogP contribution in [0, 0.1) is 18.3 Å². The standard InChI is InChI=1S/C17H17N3O2/c1-13-4-2-5-14(8-13)10-19-11-15(9-18)17(21)20-12-16-6-3-7-22-16/h2-8,11,19H,10,12H2,1H3,(H,20,21)/b15-11-. The Morgan fingerprint density at radius 2 is 2.18 bits per heavy atom. The minimum atomic E-state index is -0.435. The molecule has 0 unspecified atom stereocenters. The van der Waals surface area contributed by atoms with Crippen LogP contribution in [-0.2, 0) is 17.9 Å². The van der Waals surface area contributed by atoms with E-state index in [-0.39, 0.29) is 12.1 Å². The SMILES string of the molecule is Cc1cccc(CN/C=C(/C#N)C(=O)NCc2ccco2)c1. The Morgan fingerprint density at radius 3 is 2.86 bits per heavy atom. The van der Waals surface area contributed by atoms with Crippen molar-refractivity contribution in [2.24, 2.45) is 0 Å². The van der Waals surface area contributed by atoms with Crippen molar-refractivity contribution in [3.05, 3.63) is 71.3 Å². The van der Waals surface area contributed by atoms with Gasteiger partial charge in [-0.2, -0.15) is 5.26 Å². The molecule has 0 radical (unpaired) electrons. The maximum absolute atomic E-state index is 11.9. The fourth-order valence-electron chi connectivity index (χ4n) is 1.92. The molecule has 0 fully saturated rings. The zero-order chi connectivity index (χ0) is 15.8. The summed E-state index contributed by atoms with van der Waals surface area (Å²) in [4.78, 5) is 11.9. The summed E-state index contributed by atoms with van der Waals surface area (Å²) in [5, 5.41) is 14.7. The molecule has 2 aromatic rings. The van der Waals surface area contributed by atoms with Gasteiger partial charge in [0.25, 0.3) is 5.91 Å². The van der Waals surface area contributed by atoms with Crippen LogP contribution in [0.2, 0.25) is 0 Å². The number of carbonyl (C=O) groups excluding carboxylic acids is 1. The summed E-state index contributed by atoms with van der Waals surface area (Å²) < 4.78 is 5.11. The van der Waals surface area contributed by atoms with Crippen LogP contribution in [-0.4, -0.2) is 5.91 Å². The largest absolute Gasteiger partial charge is 0.467 e. The van der Waals surface area contributed by atoms with E-state index in [0.717, 1.165) is 5.56 Å². The number of nitrogens with zero attached hydrogens (tertiary/aromatic N) is 1. The van der Waals surface area contributed by atoms with Crippen LogP contribution < -0.4 is 10.6 Å². The Bertz CT molecular complexity index is 697. The fourth-order valence-corrected chi connectivity index (χ4v) is 1.92. The third-order valence-electron chi connectivity index (χ3n) is 3.00. The molecule has 0 saturated heterocycles.